The fraction of sp³-hybridized carbons (Fsp3) is 0.581. The molecule has 1 aliphatic heterocycles. The summed E-state index contributed by atoms with van der Waals surface area (Å²) in [5.74, 6) is 1.09. The van der Waals surface area contributed by atoms with Crippen molar-refractivity contribution < 1.29 is 4.43 Å². The molecule has 0 N–H and O–H groups in total. The second-order valence-electron chi connectivity index (χ2n) is 24.0. The van der Waals surface area contributed by atoms with Crippen molar-refractivity contribution in [1.82, 2.24) is 0 Å². The third-order valence-corrected chi connectivity index (χ3v) is 58.3. The van der Waals surface area contributed by atoms with Crippen molar-refractivity contribution in [2.24, 2.45) is 0 Å². The van der Waals surface area contributed by atoms with Crippen LogP contribution in [0.5, 0.6) is 0 Å². The lowest BCUT2D eigenvalue weighted by molar-refractivity contribution is 0.545. The third-order valence-electron chi connectivity index (χ3n) is 12.4. The maximum Gasteiger partial charge on any atom is 0.365 e. The number of hydrogen-bond donors (Lipinski definition) is 0. The first kappa shape index (κ1) is 45.4. The summed E-state index contributed by atoms with van der Waals surface area (Å²) in [6.07, 6.45) is 9.41. The average molecular weight is 915 g/mol. The summed E-state index contributed by atoms with van der Waals surface area (Å²) in [6, 6.07) is 16.9. The van der Waals surface area contributed by atoms with Gasteiger partial charge in [0, 0.05) is 73.2 Å². The first-order valence-electron chi connectivity index (χ1n) is 20.3. The van der Waals surface area contributed by atoms with Crippen molar-refractivity contribution in [3.05, 3.63) is 94.6 Å². The topological polar surface area (TPSA) is 9.23 Å². The molecule has 4 rings (SSSR count). The van der Waals surface area contributed by atoms with Crippen molar-refractivity contribution in [2.45, 2.75) is 158 Å². The predicted molar refractivity (Wildman–Crippen MR) is 268 cm³/mol. The van der Waals surface area contributed by atoms with E-state index in [9.17, 15) is 0 Å². The zero-order chi connectivity index (χ0) is 40.8. The SMILES string of the molecule is C[Si](C)(C)C(c1cc(C([Si](C)(C)C)([Si](C)(C)C)[Si](C)(C)C)cc(C([Si](C)(C)C)[Si](C)(C)C)c1[Si]1(Br)OC(c2ccccc2)=C2C=CC=CC21)[Si](C)(C)C. The third kappa shape index (κ3) is 8.20. The van der Waals surface area contributed by atoms with Crippen LogP contribution in [0.15, 0.2) is 72.3 Å². The lowest BCUT2D eigenvalue weighted by Crippen LogP contribution is -2.74. The summed E-state index contributed by atoms with van der Waals surface area (Å²) in [4.78, 5) is 0. The van der Waals surface area contributed by atoms with Crippen LogP contribution in [0.25, 0.3) is 5.76 Å². The van der Waals surface area contributed by atoms with Gasteiger partial charge in [-0.3, -0.25) is 0 Å². The van der Waals surface area contributed by atoms with Gasteiger partial charge in [0.1, 0.15) is 5.76 Å². The summed E-state index contributed by atoms with van der Waals surface area (Å²) in [6.45, 7) is 54.0. The standard InChI is InChI=1S/C43H77BrOSi8/c1-46(2,3)41(47(4,5)6)36-31-34(43(50(13,14)15,51(16,17)18)52(19,20)21)32-37(42(48(7,8)9)49(10,11)12)40(36)53(44)38-30-26-25-29-35(38)39(45-53)33-27-23-22-24-28-33/h22-32,38,41-42H,1-21H3. The van der Waals surface area contributed by atoms with E-state index in [1.807, 2.05) is 0 Å². The Kier molecular flexibility index (Phi) is 12.4. The molecule has 2 aromatic carbocycles. The molecule has 0 radical (unpaired) electrons. The Morgan fingerprint density at radius 2 is 0.981 bits per heavy atom. The van der Waals surface area contributed by atoms with Crippen LogP contribution in [0, 0.1) is 0 Å². The molecule has 2 aromatic rings. The molecule has 0 bridgehead atoms. The highest BCUT2D eigenvalue weighted by atomic mass is 79.9. The zero-order valence-corrected chi connectivity index (χ0v) is 47.5. The van der Waals surface area contributed by atoms with Crippen molar-refractivity contribution in [3.8, 4) is 0 Å². The van der Waals surface area contributed by atoms with Gasteiger partial charge < -0.3 is 4.43 Å². The first-order valence-corrected chi connectivity index (χ1v) is 49.4. The summed E-state index contributed by atoms with van der Waals surface area (Å²) < 4.78 is 8.15. The fourth-order valence-corrected chi connectivity index (χ4v) is 75.6. The number of halogens is 1. The Labute approximate surface area is 343 Å². The molecule has 10 heteroatoms. The van der Waals surface area contributed by atoms with E-state index in [0.29, 0.717) is 14.6 Å². The van der Waals surface area contributed by atoms with E-state index in [1.165, 1.54) is 11.1 Å². The van der Waals surface area contributed by atoms with Gasteiger partial charge in [0.15, 0.2) is 0 Å². The fourth-order valence-electron chi connectivity index (χ4n) is 13.3. The molecule has 2 unspecified atom stereocenters. The van der Waals surface area contributed by atoms with Gasteiger partial charge in [-0.25, -0.2) is 0 Å². The van der Waals surface area contributed by atoms with E-state index in [0.717, 1.165) is 5.76 Å². The highest BCUT2D eigenvalue weighted by Gasteiger charge is 2.63. The second-order valence-corrected chi connectivity index (χ2v) is 69.8. The quantitative estimate of drug-likeness (QED) is 0.152. The monoisotopic (exact) mass is 912 g/mol. The molecule has 0 spiro atoms. The van der Waals surface area contributed by atoms with Gasteiger partial charge in [0.25, 0.3) is 0 Å². The van der Waals surface area contributed by atoms with Crippen LogP contribution in [0.4, 0.5) is 0 Å². The molecule has 2 aliphatic rings. The van der Waals surface area contributed by atoms with Crippen LogP contribution < -0.4 is 5.19 Å². The minimum absolute atomic E-state index is 0.217. The highest BCUT2D eigenvalue weighted by Crippen LogP contribution is 2.56. The molecule has 0 saturated carbocycles. The van der Waals surface area contributed by atoms with Gasteiger partial charge in [0.05, 0.1) is 0 Å². The smallest absolute Gasteiger partial charge is 0.365 e. The average Bonchev–Trinajstić information content (AvgIpc) is 3.21. The van der Waals surface area contributed by atoms with Crippen LogP contribution >= 0.6 is 15.3 Å². The molecule has 0 aromatic heterocycles. The van der Waals surface area contributed by atoms with Crippen LogP contribution in [-0.2, 0) is 8.71 Å². The number of rotatable bonds is 12. The molecule has 1 nitrogen and oxygen atoms in total. The van der Waals surface area contributed by atoms with Crippen molar-refractivity contribution in [2.75, 3.05) is 0 Å². The van der Waals surface area contributed by atoms with E-state index in [-0.39, 0.29) is 5.54 Å². The van der Waals surface area contributed by atoms with Crippen molar-refractivity contribution >= 4 is 89.7 Å². The van der Waals surface area contributed by atoms with Crippen LogP contribution in [0.1, 0.15) is 32.6 Å². The molecule has 0 fully saturated rings. The van der Waals surface area contributed by atoms with Gasteiger partial charge >= 0.3 is 6.94 Å². The van der Waals surface area contributed by atoms with Crippen molar-refractivity contribution in [1.29, 1.82) is 0 Å². The normalized spacial score (nSPS) is 20.8. The summed E-state index contributed by atoms with van der Waals surface area (Å²) >= 11 is 4.81. The van der Waals surface area contributed by atoms with Gasteiger partial charge in [0.2, 0.25) is 0 Å². The second kappa shape index (κ2) is 14.5. The maximum absolute atomic E-state index is 7.85. The highest BCUT2D eigenvalue weighted by molar-refractivity contribution is 9.26. The number of hydrogen-bond acceptors (Lipinski definition) is 1. The summed E-state index contributed by atoms with van der Waals surface area (Å²) in [5.41, 5.74) is 7.97. The minimum atomic E-state index is -2.90. The molecule has 0 saturated heterocycles. The summed E-state index contributed by atoms with van der Waals surface area (Å²) in [5, 5.41) is 2.86. The van der Waals surface area contributed by atoms with Gasteiger partial charge in [-0.15, -0.1) is 0 Å². The molecule has 0 amide bonds. The van der Waals surface area contributed by atoms with Gasteiger partial charge in [-0.1, -0.05) is 220 Å². The Morgan fingerprint density at radius 3 is 1.34 bits per heavy atom. The van der Waals surface area contributed by atoms with Crippen LogP contribution in [0.3, 0.4) is 0 Å². The molecule has 1 aliphatic carbocycles. The predicted octanol–water partition coefficient (Wildman–Crippen LogP) is 14.2. The molecule has 1 heterocycles. The van der Waals surface area contributed by atoms with E-state index in [4.69, 9.17) is 19.7 Å². The zero-order valence-electron chi connectivity index (χ0n) is 37.9. The van der Waals surface area contributed by atoms with E-state index in [1.54, 1.807) is 21.9 Å². The molecular formula is C43H77BrOSi8. The Bertz CT molecular complexity index is 1650. The van der Waals surface area contributed by atoms with E-state index < -0.39 is 63.5 Å². The van der Waals surface area contributed by atoms with Gasteiger partial charge in [-0.2, -0.15) is 0 Å². The lowest BCUT2D eigenvalue weighted by Gasteiger charge is -2.60. The largest absolute Gasteiger partial charge is 0.527 e. The van der Waals surface area contributed by atoms with E-state index >= 15 is 0 Å². The van der Waals surface area contributed by atoms with Crippen molar-refractivity contribution in [3.63, 3.8) is 0 Å². The molecular weight excluding hydrogens is 837 g/mol. The maximum atomic E-state index is 7.85. The number of benzene rings is 2. The number of fused-ring (bicyclic) bond motifs is 1. The van der Waals surface area contributed by atoms with Crippen LogP contribution in [-0.4, -0.2) is 63.5 Å². The Hall–Kier alpha value is -0.325. The first-order chi connectivity index (χ1) is 23.6. The molecule has 294 valence electrons. The lowest BCUT2D eigenvalue weighted by atomic mass is 10.0. The Morgan fingerprint density at radius 1 is 0.585 bits per heavy atom. The van der Waals surface area contributed by atoms with Gasteiger partial charge in [-0.05, 0) is 36.5 Å². The Balaban J connectivity index is 2.41. The number of allylic oxidation sites excluding steroid dienone is 5. The summed E-state index contributed by atoms with van der Waals surface area (Å²) in [7, 11) is -12.4. The van der Waals surface area contributed by atoms with Crippen LogP contribution in [0.2, 0.25) is 143 Å². The molecule has 53 heavy (non-hydrogen) atoms. The molecule has 2 atom stereocenters. The van der Waals surface area contributed by atoms with E-state index in [2.05, 4.69) is 204 Å². The minimum Gasteiger partial charge on any atom is -0.527 e.